The summed E-state index contributed by atoms with van der Waals surface area (Å²) in [6.45, 7) is 0. The molecule has 0 amide bonds. The molecule has 1 nitrogen and oxygen atoms in total. The fourth-order valence-corrected chi connectivity index (χ4v) is 6.25. The van der Waals surface area contributed by atoms with Crippen LogP contribution in [0.3, 0.4) is 0 Å². The molecule has 3 fully saturated rings. The maximum absolute atomic E-state index is 16.2. The van der Waals surface area contributed by atoms with Gasteiger partial charge in [-0.25, -0.2) is 4.39 Å². The Bertz CT molecular complexity index is 508. The van der Waals surface area contributed by atoms with Crippen molar-refractivity contribution in [2.24, 2.45) is 29.4 Å². The standard InChI is InChI=1S/C21H33F6N/c22-19(20(23,24)21(25,26)27,16-9-11-18(28)12-10-16)17-8-4-7-15(13-17)14-5-2-1-3-6-14/h14-18H,1-13,28H2. The van der Waals surface area contributed by atoms with Crippen molar-refractivity contribution in [2.45, 2.75) is 107 Å². The number of hydrogen-bond acceptors (Lipinski definition) is 1. The highest BCUT2D eigenvalue weighted by atomic mass is 19.4. The maximum Gasteiger partial charge on any atom is 0.456 e. The smallest absolute Gasteiger partial charge is 0.328 e. The molecular weight excluding hydrogens is 380 g/mol. The first-order valence-electron chi connectivity index (χ1n) is 11.0. The predicted octanol–water partition coefficient (Wildman–Crippen LogP) is 6.80. The van der Waals surface area contributed by atoms with E-state index in [1.807, 2.05) is 0 Å². The van der Waals surface area contributed by atoms with Crippen molar-refractivity contribution in [1.82, 2.24) is 0 Å². The molecule has 0 spiro atoms. The normalized spacial score (nSPS) is 36.1. The van der Waals surface area contributed by atoms with E-state index >= 15 is 4.39 Å². The van der Waals surface area contributed by atoms with Crippen LogP contribution in [-0.4, -0.2) is 23.8 Å². The molecule has 0 heterocycles. The summed E-state index contributed by atoms with van der Waals surface area (Å²) in [5.74, 6) is -7.42. The van der Waals surface area contributed by atoms with Gasteiger partial charge in [0.1, 0.15) is 0 Å². The topological polar surface area (TPSA) is 26.0 Å². The van der Waals surface area contributed by atoms with Crippen molar-refractivity contribution in [3.8, 4) is 0 Å². The fourth-order valence-electron chi connectivity index (χ4n) is 6.25. The van der Waals surface area contributed by atoms with Gasteiger partial charge in [0.15, 0.2) is 5.67 Å². The molecule has 3 aliphatic rings. The van der Waals surface area contributed by atoms with Crippen LogP contribution in [0, 0.1) is 23.7 Å². The molecule has 0 bridgehead atoms. The lowest BCUT2D eigenvalue weighted by molar-refractivity contribution is -0.349. The Morgan fingerprint density at radius 1 is 0.571 bits per heavy atom. The highest BCUT2D eigenvalue weighted by Crippen LogP contribution is 2.59. The van der Waals surface area contributed by atoms with E-state index in [1.165, 1.54) is 0 Å². The number of hydrogen-bond donors (Lipinski definition) is 1. The summed E-state index contributed by atoms with van der Waals surface area (Å²) in [7, 11) is 0. The Balaban J connectivity index is 1.87. The largest absolute Gasteiger partial charge is 0.456 e. The fraction of sp³-hybridized carbons (Fsp3) is 1.00. The van der Waals surface area contributed by atoms with E-state index < -0.39 is 29.6 Å². The Morgan fingerprint density at radius 3 is 1.71 bits per heavy atom. The second kappa shape index (κ2) is 8.35. The second-order valence-electron chi connectivity index (χ2n) is 9.47. The van der Waals surface area contributed by atoms with Gasteiger partial charge in [-0.15, -0.1) is 0 Å². The molecule has 7 heteroatoms. The number of halogens is 6. The lowest BCUT2D eigenvalue weighted by Gasteiger charge is -2.49. The van der Waals surface area contributed by atoms with Gasteiger partial charge < -0.3 is 5.73 Å². The second-order valence-corrected chi connectivity index (χ2v) is 9.47. The van der Waals surface area contributed by atoms with Crippen molar-refractivity contribution >= 4 is 0 Å². The zero-order valence-electron chi connectivity index (χ0n) is 16.4. The van der Waals surface area contributed by atoms with Crippen LogP contribution in [0.15, 0.2) is 0 Å². The molecule has 3 atom stereocenters. The Kier molecular flexibility index (Phi) is 6.63. The molecule has 0 aromatic heterocycles. The van der Waals surface area contributed by atoms with Crippen LogP contribution in [0.2, 0.25) is 0 Å². The van der Waals surface area contributed by atoms with Crippen LogP contribution in [0.4, 0.5) is 26.3 Å². The van der Waals surface area contributed by atoms with E-state index in [0.717, 1.165) is 38.5 Å². The summed E-state index contributed by atoms with van der Waals surface area (Å²) >= 11 is 0. The van der Waals surface area contributed by atoms with Crippen molar-refractivity contribution in [1.29, 1.82) is 0 Å². The Morgan fingerprint density at radius 2 is 1.14 bits per heavy atom. The molecule has 3 aliphatic carbocycles. The number of nitrogens with two attached hydrogens (primary N) is 1. The van der Waals surface area contributed by atoms with Gasteiger partial charge in [-0.05, 0) is 62.2 Å². The third kappa shape index (κ3) is 4.06. The van der Waals surface area contributed by atoms with Crippen molar-refractivity contribution in [3.05, 3.63) is 0 Å². The van der Waals surface area contributed by atoms with E-state index in [9.17, 15) is 22.0 Å². The van der Waals surface area contributed by atoms with Crippen LogP contribution in [-0.2, 0) is 0 Å². The summed E-state index contributed by atoms with van der Waals surface area (Å²) in [6, 6.07) is -0.235. The van der Waals surface area contributed by atoms with Gasteiger partial charge in [-0.1, -0.05) is 44.9 Å². The van der Waals surface area contributed by atoms with Gasteiger partial charge in [-0.3, -0.25) is 0 Å². The molecule has 3 rings (SSSR count). The summed E-state index contributed by atoms with van der Waals surface area (Å²) in [6.07, 6.45) is 1.68. The van der Waals surface area contributed by atoms with Gasteiger partial charge in [-0.2, -0.15) is 22.0 Å². The number of alkyl halides is 6. The third-order valence-corrected chi connectivity index (χ3v) is 7.83. The molecule has 0 saturated heterocycles. The molecule has 0 aromatic carbocycles. The highest BCUT2D eigenvalue weighted by Gasteiger charge is 2.75. The lowest BCUT2D eigenvalue weighted by atomic mass is 9.60. The first kappa shape index (κ1) is 22.2. The Labute approximate surface area is 163 Å². The molecule has 3 unspecified atom stereocenters. The van der Waals surface area contributed by atoms with Gasteiger partial charge in [0.2, 0.25) is 0 Å². The van der Waals surface area contributed by atoms with E-state index in [-0.39, 0.29) is 37.6 Å². The van der Waals surface area contributed by atoms with E-state index in [0.29, 0.717) is 25.2 Å². The van der Waals surface area contributed by atoms with E-state index in [2.05, 4.69) is 0 Å². The maximum atomic E-state index is 16.2. The summed E-state index contributed by atoms with van der Waals surface area (Å²) in [4.78, 5) is 0. The van der Waals surface area contributed by atoms with Crippen molar-refractivity contribution in [3.63, 3.8) is 0 Å². The van der Waals surface area contributed by atoms with Crippen LogP contribution in [0.25, 0.3) is 0 Å². The third-order valence-electron chi connectivity index (χ3n) is 7.83. The SMILES string of the molecule is NC1CCC(C(F)(C2CCCC(C3CCCCC3)C2)C(F)(F)C(F)(F)F)CC1. The highest BCUT2D eigenvalue weighted by molar-refractivity contribution is 5.08. The average molecular weight is 413 g/mol. The quantitative estimate of drug-likeness (QED) is 0.504. The molecule has 0 radical (unpaired) electrons. The molecule has 164 valence electrons. The lowest BCUT2D eigenvalue weighted by Crippen LogP contribution is -2.63. The van der Waals surface area contributed by atoms with Crippen molar-refractivity contribution in [2.75, 3.05) is 0 Å². The summed E-state index contributed by atoms with van der Waals surface area (Å²) in [5.41, 5.74) is 2.27. The minimum absolute atomic E-state index is 0.00787. The number of rotatable bonds is 4. The molecule has 3 saturated carbocycles. The molecule has 2 N–H and O–H groups in total. The predicted molar refractivity (Wildman–Crippen MR) is 96.8 cm³/mol. The minimum atomic E-state index is -5.88. The van der Waals surface area contributed by atoms with Crippen molar-refractivity contribution < 1.29 is 26.3 Å². The van der Waals surface area contributed by atoms with E-state index in [4.69, 9.17) is 5.73 Å². The monoisotopic (exact) mass is 413 g/mol. The van der Waals surface area contributed by atoms with Gasteiger partial charge in [0.25, 0.3) is 0 Å². The van der Waals surface area contributed by atoms with Gasteiger partial charge >= 0.3 is 12.1 Å². The molecule has 0 aromatic rings. The first-order valence-corrected chi connectivity index (χ1v) is 11.0. The first-order chi connectivity index (χ1) is 13.1. The minimum Gasteiger partial charge on any atom is -0.328 e. The molecular formula is C21H33F6N. The molecule has 0 aliphatic heterocycles. The van der Waals surface area contributed by atoms with Crippen LogP contribution >= 0.6 is 0 Å². The summed E-state index contributed by atoms with van der Waals surface area (Å²) < 4.78 is 85.6. The van der Waals surface area contributed by atoms with Gasteiger partial charge in [0.05, 0.1) is 0 Å². The zero-order chi connectivity index (χ0) is 20.6. The Hall–Kier alpha value is -0.460. The van der Waals surface area contributed by atoms with Gasteiger partial charge in [0, 0.05) is 6.04 Å². The van der Waals surface area contributed by atoms with E-state index in [1.54, 1.807) is 0 Å². The molecule has 28 heavy (non-hydrogen) atoms. The summed E-state index contributed by atoms with van der Waals surface area (Å²) in [5, 5.41) is 0. The average Bonchev–Trinajstić information content (AvgIpc) is 2.67. The van der Waals surface area contributed by atoms with Crippen LogP contribution < -0.4 is 5.73 Å². The van der Waals surface area contributed by atoms with Crippen LogP contribution in [0.5, 0.6) is 0 Å². The van der Waals surface area contributed by atoms with Crippen LogP contribution in [0.1, 0.15) is 83.5 Å². The zero-order valence-corrected chi connectivity index (χ0v) is 16.4.